The van der Waals surface area contributed by atoms with Crippen LogP contribution in [-0.4, -0.2) is 47.0 Å². The van der Waals surface area contributed by atoms with Gasteiger partial charge in [-0.2, -0.15) is 0 Å². The molecule has 1 aromatic carbocycles. The van der Waals surface area contributed by atoms with E-state index in [1.165, 1.54) is 5.56 Å². The van der Waals surface area contributed by atoms with E-state index in [-0.39, 0.29) is 5.92 Å². The molecule has 0 N–H and O–H groups in total. The summed E-state index contributed by atoms with van der Waals surface area (Å²) in [6.45, 7) is 13.7. The maximum Gasteiger partial charge on any atom is 0.225 e. The van der Waals surface area contributed by atoms with Crippen molar-refractivity contribution < 1.29 is 4.79 Å². The highest BCUT2D eigenvalue weighted by molar-refractivity contribution is 5.79. The number of amides is 1. The van der Waals surface area contributed by atoms with Gasteiger partial charge in [-0.3, -0.25) is 4.79 Å². The second-order valence-corrected chi connectivity index (χ2v) is 8.51. The minimum absolute atomic E-state index is 0.174. The molecule has 1 aliphatic rings. The number of unbranched alkanes of at least 4 members (excludes halogenated alkanes) is 1. The zero-order valence-electron chi connectivity index (χ0n) is 19.2. The van der Waals surface area contributed by atoms with Crippen molar-refractivity contribution in [2.45, 2.75) is 60.3 Å². The van der Waals surface area contributed by atoms with Crippen molar-refractivity contribution in [2.75, 3.05) is 31.1 Å². The van der Waals surface area contributed by atoms with Crippen LogP contribution in [0.15, 0.2) is 24.3 Å². The maximum absolute atomic E-state index is 13.0. The molecule has 1 aliphatic heterocycles. The first-order chi connectivity index (χ1) is 14.4. The summed E-state index contributed by atoms with van der Waals surface area (Å²) in [4.78, 5) is 27.0. The van der Waals surface area contributed by atoms with Gasteiger partial charge in [-0.1, -0.05) is 50.5 Å². The molecule has 0 bridgehead atoms. The van der Waals surface area contributed by atoms with E-state index in [0.29, 0.717) is 5.91 Å². The average Bonchev–Trinajstić information content (AvgIpc) is 2.76. The Morgan fingerprint density at radius 1 is 1.07 bits per heavy atom. The van der Waals surface area contributed by atoms with E-state index in [9.17, 15) is 4.79 Å². The third kappa shape index (κ3) is 5.00. The molecule has 1 fully saturated rings. The Labute approximate surface area is 181 Å². The molecule has 0 aliphatic carbocycles. The van der Waals surface area contributed by atoms with Crippen LogP contribution in [0.2, 0.25) is 0 Å². The molecule has 0 saturated carbocycles. The molecule has 5 heteroatoms. The summed E-state index contributed by atoms with van der Waals surface area (Å²) in [5.74, 6) is 2.29. The van der Waals surface area contributed by atoms with Gasteiger partial charge in [-0.15, -0.1) is 0 Å². The molecule has 1 aromatic heterocycles. The quantitative estimate of drug-likeness (QED) is 0.651. The lowest BCUT2D eigenvalue weighted by molar-refractivity contribution is -0.136. The molecule has 2 heterocycles. The fourth-order valence-corrected chi connectivity index (χ4v) is 4.18. The first-order valence-electron chi connectivity index (χ1n) is 11.4. The van der Waals surface area contributed by atoms with Gasteiger partial charge >= 0.3 is 0 Å². The number of carbonyl (C=O) groups is 1. The molecule has 0 unspecified atom stereocenters. The molecular formula is C25H36N4O. The molecule has 1 amide bonds. The Balaban J connectivity index is 1.74. The third-order valence-electron chi connectivity index (χ3n) is 6.28. The zero-order valence-corrected chi connectivity index (χ0v) is 19.2. The van der Waals surface area contributed by atoms with Crippen LogP contribution in [0.1, 0.15) is 56.4 Å². The van der Waals surface area contributed by atoms with Gasteiger partial charge < -0.3 is 9.80 Å². The van der Waals surface area contributed by atoms with Crippen LogP contribution in [0.4, 0.5) is 5.82 Å². The Morgan fingerprint density at radius 3 is 2.43 bits per heavy atom. The van der Waals surface area contributed by atoms with Crippen LogP contribution in [-0.2, 0) is 4.79 Å². The normalized spacial score (nSPS) is 15.4. The number of aromatic nitrogens is 2. The van der Waals surface area contributed by atoms with E-state index in [4.69, 9.17) is 9.97 Å². The summed E-state index contributed by atoms with van der Waals surface area (Å²) in [6.07, 6.45) is 4.22. The van der Waals surface area contributed by atoms with Gasteiger partial charge in [0.15, 0.2) is 5.82 Å². The maximum atomic E-state index is 13.0. The van der Waals surface area contributed by atoms with Crippen molar-refractivity contribution in [1.29, 1.82) is 0 Å². The highest BCUT2D eigenvalue weighted by Crippen LogP contribution is 2.26. The molecule has 162 valence electrons. The van der Waals surface area contributed by atoms with E-state index in [1.807, 2.05) is 0 Å². The van der Waals surface area contributed by atoms with Crippen LogP contribution in [0.3, 0.4) is 0 Å². The first kappa shape index (κ1) is 22.3. The molecule has 5 nitrogen and oxygen atoms in total. The van der Waals surface area contributed by atoms with E-state index in [1.54, 1.807) is 0 Å². The predicted octanol–water partition coefficient (Wildman–Crippen LogP) is 4.93. The predicted molar refractivity (Wildman–Crippen MR) is 124 cm³/mol. The largest absolute Gasteiger partial charge is 0.353 e. The molecule has 30 heavy (non-hydrogen) atoms. The highest BCUT2D eigenvalue weighted by atomic mass is 16.2. The fraction of sp³-hybridized carbons (Fsp3) is 0.560. The van der Waals surface area contributed by atoms with Gasteiger partial charge in [0.05, 0.1) is 0 Å². The van der Waals surface area contributed by atoms with Crippen LogP contribution in [0.5, 0.6) is 0 Å². The summed E-state index contributed by atoms with van der Waals surface area (Å²) in [5.41, 5.74) is 4.40. The summed E-state index contributed by atoms with van der Waals surface area (Å²) in [6, 6.07) is 8.34. The van der Waals surface area contributed by atoms with Crippen molar-refractivity contribution in [3.05, 3.63) is 41.1 Å². The van der Waals surface area contributed by atoms with Crippen molar-refractivity contribution in [1.82, 2.24) is 14.9 Å². The highest BCUT2D eigenvalue weighted by Gasteiger charge is 2.27. The Morgan fingerprint density at radius 2 is 1.80 bits per heavy atom. The van der Waals surface area contributed by atoms with Crippen LogP contribution in [0.25, 0.3) is 11.4 Å². The van der Waals surface area contributed by atoms with Gasteiger partial charge in [0.25, 0.3) is 0 Å². The number of aryl methyl sites for hydroxylation is 2. The first-order valence-corrected chi connectivity index (χ1v) is 11.4. The van der Waals surface area contributed by atoms with Gasteiger partial charge in [0.2, 0.25) is 5.91 Å². The Bertz CT molecular complexity index is 871. The van der Waals surface area contributed by atoms with Crippen molar-refractivity contribution in [3.8, 4) is 11.4 Å². The van der Waals surface area contributed by atoms with Gasteiger partial charge in [0.1, 0.15) is 5.82 Å². The van der Waals surface area contributed by atoms with Crippen LogP contribution in [0, 0.1) is 26.7 Å². The molecule has 0 radical (unpaired) electrons. The fourth-order valence-electron chi connectivity index (χ4n) is 4.18. The SMILES string of the molecule is CCCC[C@@H](CC)C(=O)N1CCN(c2nc(-c3cccc(C)c3)nc(C)c2C)CC1. The smallest absolute Gasteiger partial charge is 0.225 e. The summed E-state index contributed by atoms with van der Waals surface area (Å²) in [7, 11) is 0. The molecule has 3 rings (SSSR count). The Kier molecular flexibility index (Phi) is 7.46. The lowest BCUT2D eigenvalue weighted by atomic mass is 9.97. The molecule has 0 spiro atoms. The van der Waals surface area contributed by atoms with Crippen molar-refractivity contribution in [2.24, 2.45) is 5.92 Å². The third-order valence-corrected chi connectivity index (χ3v) is 6.28. The summed E-state index contributed by atoms with van der Waals surface area (Å²) in [5, 5.41) is 0. The number of rotatable bonds is 7. The summed E-state index contributed by atoms with van der Waals surface area (Å²) < 4.78 is 0. The van der Waals surface area contributed by atoms with E-state index >= 15 is 0 Å². The zero-order chi connectivity index (χ0) is 21.7. The standard InChI is InChI=1S/C25H36N4O/c1-6-8-11-21(7-2)25(30)29-15-13-28(14-16-29)24-19(4)20(5)26-23(27-24)22-12-9-10-18(3)17-22/h9-10,12,17,21H,6-8,11,13-16H2,1-5H3/t21-/m1/s1. The molecule has 1 saturated heterocycles. The average molecular weight is 409 g/mol. The van der Waals surface area contributed by atoms with Gasteiger partial charge in [-0.25, -0.2) is 9.97 Å². The monoisotopic (exact) mass is 408 g/mol. The number of benzene rings is 1. The number of piperazine rings is 1. The van der Waals surface area contributed by atoms with Crippen molar-refractivity contribution in [3.63, 3.8) is 0 Å². The molecular weight excluding hydrogens is 372 g/mol. The lowest BCUT2D eigenvalue weighted by Gasteiger charge is -2.37. The van der Waals surface area contributed by atoms with Crippen LogP contribution < -0.4 is 4.90 Å². The number of nitrogens with zero attached hydrogens (tertiary/aromatic N) is 4. The number of hydrogen-bond donors (Lipinski definition) is 0. The van der Waals surface area contributed by atoms with Gasteiger partial charge in [0, 0.05) is 48.9 Å². The molecule has 1 atom stereocenters. The summed E-state index contributed by atoms with van der Waals surface area (Å²) >= 11 is 0. The van der Waals surface area contributed by atoms with E-state index in [2.05, 4.69) is 68.7 Å². The Hall–Kier alpha value is -2.43. The van der Waals surface area contributed by atoms with Crippen LogP contribution >= 0.6 is 0 Å². The van der Waals surface area contributed by atoms with E-state index in [0.717, 1.165) is 80.3 Å². The molecule has 2 aromatic rings. The lowest BCUT2D eigenvalue weighted by Crippen LogP contribution is -2.50. The van der Waals surface area contributed by atoms with E-state index < -0.39 is 0 Å². The second-order valence-electron chi connectivity index (χ2n) is 8.51. The minimum Gasteiger partial charge on any atom is -0.353 e. The number of carbonyl (C=O) groups excluding carboxylic acids is 1. The topological polar surface area (TPSA) is 49.3 Å². The number of hydrogen-bond acceptors (Lipinski definition) is 4. The number of anilines is 1. The van der Waals surface area contributed by atoms with Crippen molar-refractivity contribution >= 4 is 11.7 Å². The minimum atomic E-state index is 0.174. The second kappa shape index (κ2) is 10.1. The van der Waals surface area contributed by atoms with Gasteiger partial charge in [-0.05, 0) is 39.7 Å².